The van der Waals surface area contributed by atoms with Crippen LogP contribution in [0.25, 0.3) is 0 Å². The lowest BCUT2D eigenvalue weighted by atomic mass is 9.87. The number of fused-ring (bicyclic) bond motifs is 1. The molecule has 0 saturated carbocycles. The Balaban J connectivity index is 1.90. The third kappa shape index (κ3) is 3.16. The molecule has 0 saturated heterocycles. The first-order valence-electron chi connectivity index (χ1n) is 6.92. The van der Waals surface area contributed by atoms with Crippen LogP contribution in [0.1, 0.15) is 30.0 Å². The van der Waals surface area contributed by atoms with Gasteiger partial charge in [0.2, 0.25) is 0 Å². The first kappa shape index (κ1) is 14.7. The number of rotatable bonds is 3. The van der Waals surface area contributed by atoms with Gasteiger partial charge in [0, 0.05) is 10.7 Å². The van der Waals surface area contributed by atoms with Gasteiger partial charge in [-0.15, -0.1) is 0 Å². The van der Waals surface area contributed by atoms with Crippen molar-refractivity contribution >= 4 is 33.2 Å². The van der Waals surface area contributed by atoms with Gasteiger partial charge < -0.3 is 10.1 Å². The second-order valence-electron chi connectivity index (χ2n) is 5.15. The van der Waals surface area contributed by atoms with Crippen LogP contribution in [0.2, 0.25) is 5.15 Å². The van der Waals surface area contributed by atoms with Gasteiger partial charge in [-0.3, -0.25) is 0 Å². The Kier molecular flexibility index (Phi) is 4.36. The molecule has 1 aliphatic rings. The molecule has 1 aliphatic carbocycles. The molecule has 3 nitrogen and oxygen atoms in total. The number of pyridine rings is 1. The van der Waals surface area contributed by atoms with Gasteiger partial charge in [-0.2, -0.15) is 0 Å². The molecular formula is C16H16BrClN2O. The van der Waals surface area contributed by atoms with E-state index in [1.165, 1.54) is 11.1 Å². The molecule has 1 aromatic carbocycles. The lowest BCUT2D eigenvalue weighted by Gasteiger charge is -2.28. The summed E-state index contributed by atoms with van der Waals surface area (Å²) in [6.07, 6.45) is 5.03. The Hall–Kier alpha value is -1.26. The van der Waals surface area contributed by atoms with Gasteiger partial charge >= 0.3 is 0 Å². The molecule has 3 rings (SSSR count). The van der Waals surface area contributed by atoms with E-state index in [2.05, 4.69) is 38.4 Å². The largest absolute Gasteiger partial charge is 0.497 e. The number of aryl methyl sites for hydroxylation is 1. The molecule has 0 amide bonds. The van der Waals surface area contributed by atoms with E-state index < -0.39 is 0 Å². The molecule has 1 aromatic heterocycles. The van der Waals surface area contributed by atoms with E-state index in [0.717, 1.165) is 35.2 Å². The summed E-state index contributed by atoms with van der Waals surface area (Å²) in [5.74, 6) is 0.913. The zero-order valence-electron chi connectivity index (χ0n) is 11.7. The fourth-order valence-electron chi connectivity index (χ4n) is 2.78. The third-order valence-corrected chi connectivity index (χ3v) is 4.53. The Morgan fingerprint density at radius 3 is 3.05 bits per heavy atom. The maximum absolute atomic E-state index is 6.18. The van der Waals surface area contributed by atoms with E-state index in [-0.39, 0.29) is 6.04 Å². The second kappa shape index (κ2) is 6.24. The first-order chi connectivity index (χ1) is 10.2. The van der Waals surface area contributed by atoms with Gasteiger partial charge in [-0.1, -0.05) is 17.7 Å². The molecule has 0 spiro atoms. The highest BCUT2D eigenvalue weighted by atomic mass is 79.9. The minimum atomic E-state index is 0.258. The average molecular weight is 368 g/mol. The molecule has 2 aromatic rings. The van der Waals surface area contributed by atoms with E-state index in [0.29, 0.717) is 5.15 Å². The fraction of sp³-hybridized carbons (Fsp3) is 0.312. The average Bonchev–Trinajstić information content (AvgIpc) is 2.50. The van der Waals surface area contributed by atoms with Gasteiger partial charge in [0.15, 0.2) is 5.15 Å². The summed E-state index contributed by atoms with van der Waals surface area (Å²) in [5, 5.41) is 4.02. The van der Waals surface area contributed by atoms with Gasteiger partial charge in [-0.05, 0) is 64.5 Å². The van der Waals surface area contributed by atoms with E-state index in [1.54, 1.807) is 13.3 Å². The molecule has 0 aliphatic heterocycles. The monoisotopic (exact) mass is 366 g/mol. The van der Waals surface area contributed by atoms with Crippen molar-refractivity contribution in [3.8, 4) is 5.75 Å². The predicted molar refractivity (Wildman–Crippen MR) is 89.2 cm³/mol. The maximum Gasteiger partial charge on any atom is 0.152 e. The summed E-state index contributed by atoms with van der Waals surface area (Å²) in [4.78, 5) is 4.16. The first-order valence-corrected chi connectivity index (χ1v) is 8.09. The number of hydrogen-bond donors (Lipinski definition) is 1. The number of hydrogen-bond acceptors (Lipinski definition) is 3. The SMILES string of the molecule is COc1ccc2c(c1)CCCC2Nc1cc(Br)cnc1Cl. The van der Waals surface area contributed by atoms with Crippen LogP contribution in [0.5, 0.6) is 5.75 Å². The number of benzene rings is 1. The standard InChI is InChI=1S/C16H16BrClN2O/c1-21-12-5-6-13-10(7-12)3-2-4-14(13)20-15-8-11(17)9-19-16(15)18/h5-9,14,20H,2-4H2,1H3. The van der Waals surface area contributed by atoms with Crippen molar-refractivity contribution in [3.05, 3.63) is 51.2 Å². The number of halogens is 2. The number of ether oxygens (including phenoxy) is 1. The highest BCUT2D eigenvalue weighted by Gasteiger charge is 2.21. The number of methoxy groups -OCH3 is 1. The third-order valence-electron chi connectivity index (χ3n) is 3.80. The Labute approximate surface area is 137 Å². The molecule has 0 bridgehead atoms. The molecule has 21 heavy (non-hydrogen) atoms. The normalized spacial score (nSPS) is 17.2. The van der Waals surface area contributed by atoms with Crippen molar-refractivity contribution in [2.75, 3.05) is 12.4 Å². The minimum Gasteiger partial charge on any atom is -0.497 e. The maximum atomic E-state index is 6.18. The molecule has 0 fully saturated rings. The van der Waals surface area contributed by atoms with Gasteiger partial charge in [-0.25, -0.2) is 4.98 Å². The summed E-state index contributed by atoms with van der Waals surface area (Å²) in [6.45, 7) is 0. The smallest absolute Gasteiger partial charge is 0.152 e. The summed E-state index contributed by atoms with van der Waals surface area (Å²) >= 11 is 9.61. The van der Waals surface area contributed by atoms with E-state index in [9.17, 15) is 0 Å². The van der Waals surface area contributed by atoms with Crippen molar-refractivity contribution in [3.63, 3.8) is 0 Å². The molecule has 5 heteroatoms. The van der Waals surface area contributed by atoms with Gasteiger partial charge in [0.25, 0.3) is 0 Å². The lowest BCUT2D eigenvalue weighted by Crippen LogP contribution is -2.17. The summed E-state index contributed by atoms with van der Waals surface area (Å²) in [6, 6.07) is 8.51. The van der Waals surface area contributed by atoms with Crippen LogP contribution in [0, 0.1) is 0 Å². The highest BCUT2D eigenvalue weighted by molar-refractivity contribution is 9.10. The molecule has 0 radical (unpaired) electrons. The number of aromatic nitrogens is 1. The molecule has 110 valence electrons. The van der Waals surface area contributed by atoms with Crippen molar-refractivity contribution < 1.29 is 4.74 Å². The van der Waals surface area contributed by atoms with Crippen molar-refractivity contribution in [2.24, 2.45) is 0 Å². The van der Waals surface area contributed by atoms with E-state index >= 15 is 0 Å². The van der Waals surface area contributed by atoms with Crippen LogP contribution < -0.4 is 10.1 Å². The van der Waals surface area contributed by atoms with Gasteiger partial charge in [0.1, 0.15) is 5.75 Å². The molecule has 1 N–H and O–H groups in total. The summed E-state index contributed by atoms with van der Waals surface area (Å²) < 4.78 is 6.23. The summed E-state index contributed by atoms with van der Waals surface area (Å²) in [7, 11) is 1.70. The molecule has 1 unspecified atom stereocenters. The second-order valence-corrected chi connectivity index (χ2v) is 6.42. The van der Waals surface area contributed by atoms with Crippen molar-refractivity contribution in [1.82, 2.24) is 4.98 Å². The minimum absolute atomic E-state index is 0.258. The van der Waals surface area contributed by atoms with Crippen LogP contribution in [0.3, 0.4) is 0 Å². The predicted octanol–water partition coefficient (Wildman–Crippen LogP) is 5.00. The van der Waals surface area contributed by atoms with E-state index in [4.69, 9.17) is 16.3 Å². The lowest BCUT2D eigenvalue weighted by molar-refractivity contribution is 0.413. The quantitative estimate of drug-likeness (QED) is 0.776. The van der Waals surface area contributed by atoms with Crippen LogP contribution in [-0.2, 0) is 6.42 Å². The van der Waals surface area contributed by atoms with E-state index in [1.807, 2.05) is 12.1 Å². The number of nitrogens with one attached hydrogen (secondary N) is 1. The van der Waals surface area contributed by atoms with Gasteiger partial charge in [0.05, 0.1) is 18.8 Å². The molecular weight excluding hydrogens is 352 g/mol. The topological polar surface area (TPSA) is 34.1 Å². The van der Waals surface area contributed by atoms with Crippen LogP contribution in [-0.4, -0.2) is 12.1 Å². The molecule has 1 atom stereocenters. The fourth-order valence-corrected chi connectivity index (χ4v) is 3.27. The molecule has 1 heterocycles. The van der Waals surface area contributed by atoms with Crippen LogP contribution in [0.4, 0.5) is 5.69 Å². The zero-order chi connectivity index (χ0) is 14.8. The van der Waals surface area contributed by atoms with Crippen molar-refractivity contribution in [1.29, 1.82) is 0 Å². The Bertz CT molecular complexity index is 663. The Morgan fingerprint density at radius 1 is 1.38 bits per heavy atom. The zero-order valence-corrected chi connectivity index (χ0v) is 14.0. The van der Waals surface area contributed by atoms with Crippen LogP contribution in [0.15, 0.2) is 34.9 Å². The van der Waals surface area contributed by atoms with Crippen LogP contribution >= 0.6 is 27.5 Å². The highest BCUT2D eigenvalue weighted by Crippen LogP contribution is 2.36. The number of nitrogens with zero attached hydrogens (tertiary/aromatic N) is 1. The van der Waals surface area contributed by atoms with Crippen molar-refractivity contribution in [2.45, 2.75) is 25.3 Å². The Morgan fingerprint density at radius 2 is 2.24 bits per heavy atom. The summed E-state index contributed by atoms with van der Waals surface area (Å²) in [5.41, 5.74) is 3.52. The number of anilines is 1.